The molecule has 0 bridgehead atoms. The molecule has 0 aromatic carbocycles. The van der Waals surface area contributed by atoms with Crippen LogP contribution in [0, 0.1) is 29.6 Å². The summed E-state index contributed by atoms with van der Waals surface area (Å²) in [6, 6.07) is 0. The highest BCUT2D eigenvalue weighted by atomic mass is 16.5. The maximum absolute atomic E-state index is 9.15. The van der Waals surface area contributed by atoms with E-state index in [1.807, 2.05) is 6.92 Å². The van der Waals surface area contributed by atoms with Gasteiger partial charge in [-0.05, 0) is 49.4 Å². The third-order valence-corrected chi connectivity index (χ3v) is 4.50. The molecule has 2 nitrogen and oxygen atoms in total. The highest BCUT2D eigenvalue weighted by Gasteiger charge is 2.42. The molecule has 0 aliphatic heterocycles. The predicted molar refractivity (Wildman–Crippen MR) is 55.5 cm³/mol. The van der Waals surface area contributed by atoms with Crippen LogP contribution in [-0.2, 0) is 0 Å². The van der Waals surface area contributed by atoms with Gasteiger partial charge in [0.2, 0.25) is 0 Å². The third kappa shape index (κ3) is 1.82. The van der Waals surface area contributed by atoms with Crippen molar-refractivity contribution in [1.82, 2.24) is 0 Å². The Morgan fingerprint density at radius 1 is 1.00 bits per heavy atom. The SMILES string of the molecule is CC1C[C@@H]2CC([C@@H](C)C(O)O)C[C@@H]2C1. The minimum atomic E-state index is -1.11. The second-order valence-corrected chi connectivity index (χ2v) is 5.60. The first-order chi connectivity index (χ1) is 6.58. The fourth-order valence-electron chi connectivity index (χ4n) is 3.64. The van der Waals surface area contributed by atoms with Gasteiger partial charge in [0.25, 0.3) is 0 Å². The van der Waals surface area contributed by atoms with Crippen molar-refractivity contribution in [2.24, 2.45) is 29.6 Å². The lowest BCUT2D eigenvalue weighted by Crippen LogP contribution is -2.23. The quantitative estimate of drug-likeness (QED) is 0.666. The summed E-state index contributed by atoms with van der Waals surface area (Å²) >= 11 is 0. The molecule has 82 valence electrons. The maximum Gasteiger partial charge on any atom is 0.154 e. The molecule has 0 amide bonds. The van der Waals surface area contributed by atoms with Crippen molar-refractivity contribution in [2.45, 2.75) is 45.8 Å². The van der Waals surface area contributed by atoms with Crippen LogP contribution in [0.25, 0.3) is 0 Å². The van der Waals surface area contributed by atoms with Crippen LogP contribution in [0.1, 0.15) is 39.5 Å². The van der Waals surface area contributed by atoms with Crippen LogP contribution < -0.4 is 0 Å². The zero-order valence-electron chi connectivity index (χ0n) is 9.19. The summed E-state index contributed by atoms with van der Waals surface area (Å²) in [4.78, 5) is 0. The number of aliphatic hydroxyl groups is 2. The van der Waals surface area contributed by atoms with Crippen LogP contribution >= 0.6 is 0 Å². The van der Waals surface area contributed by atoms with E-state index in [1.165, 1.54) is 25.7 Å². The molecule has 2 heteroatoms. The van der Waals surface area contributed by atoms with Gasteiger partial charge in [-0.25, -0.2) is 0 Å². The number of aliphatic hydroxyl groups excluding tert-OH is 1. The zero-order chi connectivity index (χ0) is 10.3. The summed E-state index contributed by atoms with van der Waals surface area (Å²) in [5.41, 5.74) is 0. The normalized spacial score (nSPS) is 44.4. The average Bonchev–Trinajstić information content (AvgIpc) is 2.59. The largest absolute Gasteiger partial charge is 0.368 e. The minimum Gasteiger partial charge on any atom is -0.368 e. The lowest BCUT2D eigenvalue weighted by Gasteiger charge is -2.22. The Morgan fingerprint density at radius 2 is 1.50 bits per heavy atom. The summed E-state index contributed by atoms with van der Waals surface area (Å²) in [5, 5.41) is 18.3. The highest BCUT2D eigenvalue weighted by Crippen LogP contribution is 2.51. The van der Waals surface area contributed by atoms with Crippen molar-refractivity contribution in [1.29, 1.82) is 0 Å². The van der Waals surface area contributed by atoms with E-state index in [0.717, 1.165) is 17.8 Å². The molecule has 2 aliphatic rings. The van der Waals surface area contributed by atoms with Crippen molar-refractivity contribution in [3.05, 3.63) is 0 Å². The molecular weight excluding hydrogens is 176 g/mol. The molecule has 0 heterocycles. The second-order valence-electron chi connectivity index (χ2n) is 5.60. The van der Waals surface area contributed by atoms with Gasteiger partial charge in [0.05, 0.1) is 0 Å². The van der Waals surface area contributed by atoms with Crippen molar-refractivity contribution < 1.29 is 10.2 Å². The topological polar surface area (TPSA) is 40.5 Å². The summed E-state index contributed by atoms with van der Waals surface area (Å²) in [7, 11) is 0. The molecule has 14 heavy (non-hydrogen) atoms. The van der Waals surface area contributed by atoms with Gasteiger partial charge in [-0.3, -0.25) is 0 Å². The average molecular weight is 198 g/mol. The Kier molecular flexibility index (Phi) is 2.85. The number of hydrogen-bond acceptors (Lipinski definition) is 2. The molecule has 2 rings (SSSR count). The van der Waals surface area contributed by atoms with Crippen molar-refractivity contribution in [3.63, 3.8) is 0 Å². The van der Waals surface area contributed by atoms with Crippen LogP contribution in [0.5, 0.6) is 0 Å². The van der Waals surface area contributed by atoms with Gasteiger partial charge in [0, 0.05) is 5.92 Å². The Balaban J connectivity index is 1.91. The first-order valence-corrected chi connectivity index (χ1v) is 5.94. The second kappa shape index (κ2) is 3.82. The first-order valence-electron chi connectivity index (χ1n) is 5.94. The molecule has 0 saturated heterocycles. The third-order valence-electron chi connectivity index (χ3n) is 4.50. The van der Waals surface area contributed by atoms with E-state index in [4.69, 9.17) is 10.2 Å². The molecule has 0 aromatic heterocycles. The molecule has 2 saturated carbocycles. The Bertz CT molecular complexity index is 188. The molecule has 2 aliphatic carbocycles. The molecule has 0 aromatic rings. The smallest absolute Gasteiger partial charge is 0.154 e. The van der Waals surface area contributed by atoms with E-state index in [1.54, 1.807) is 0 Å². The number of hydrogen-bond donors (Lipinski definition) is 2. The first kappa shape index (κ1) is 10.4. The van der Waals surface area contributed by atoms with Gasteiger partial charge in [0.1, 0.15) is 0 Å². The highest BCUT2D eigenvalue weighted by molar-refractivity contribution is 4.91. The predicted octanol–water partition coefficient (Wildman–Crippen LogP) is 2.01. The van der Waals surface area contributed by atoms with Crippen LogP contribution in [-0.4, -0.2) is 16.5 Å². The van der Waals surface area contributed by atoms with Gasteiger partial charge < -0.3 is 10.2 Å². The van der Waals surface area contributed by atoms with Gasteiger partial charge >= 0.3 is 0 Å². The van der Waals surface area contributed by atoms with Gasteiger partial charge in [-0.2, -0.15) is 0 Å². The fourth-order valence-corrected chi connectivity index (χ4v) is 3.64. The summed E-state index contributed by atoms with van der Waals surface area (Å²) < 4.78 is 0. The molecule has 2 unspecified atom stereocenters. The molecule has 2 N–H and O–H groups in total. The Labute approximate surface area is 86.3 Å². The maximum atomic E-state index is 9.15. The van der Waals surface area contributed by atoms with Crippen LogP contribution in [0.4, 0.5) is 0 Å². The zero-order valence-corrected chi connectivity index (χ0v) is 9.19. The summed E-state index contributed by atoms with van der Waals surface area (Å²) in [5.74, 6) is 3.29. The van der Waals surface area contributed by atoms with Crippen molar-refractivity contribution in [2.75, 3.05) is 0 Å². The number of fused-ring (bicyclic) bond motifs is 1. The fraction of sp³-hybridized carbons (Fsp3) is 1.00. The minimum absolute atomic E-state index is 0.0657. The van der Waals surface area contributed by atoms with Crippen molar-refractivity contribution >= 4 is 0 Å². The van der Waals surface area contributed by atoms with E-state index >= 15 is 0 Å². The van der Waals surface area contributed by atoms with Crippen LogP contribution in [0.15, 0.2) is 0 Å². The Hall–Kier alpha value is -0.0800. The monoisotopic (exact) mass is 198 g/mol. The van der Waals surface area contributed by atoms with Crippen LogP contribution in [0.3, 0.4) is 0 Å². The van der Waals surface area contributed by atoms with Crippen molar-refractivity contribution in [3.8, 4) is 0 Å². The van der Waals surface area contributed by atoms with E-state index in [-0.39, 0.29) is 5.92 Å². The molecular formula is C12H22O2. The standard InChI is InChI=1S/C12H22O2/c1-7-3-10-5-9(6-11(10)4-7)8(2)12(13)14/h7-14H,3-6H2,1-2H3/t7?,8-,9?,10-,11+/m1/s1. The van der Waals surface area contributed by atoms with E-state index in [2.05, 4.69) is 6.92 Å². The molecule has 0 spiro atoms. The van der Waals surface area contributed by atoms with Gasteiger partial charge in [-0.1, -0.05) is 13.8 Å². The summed E-state index contributed by atoms with van der Waals surface area (Å²) in [6.45, 7) is 4.32. The molecule has 0 radical (unpaired) electrons. The van der Waals surface area contributed by atoms with E-state index < -0.39 is 6.29 Å². The van der Waals surface area contributed by atoms with Crippen LogP contribution in [0.2, 0.25) is 0 Å². The Morgan fingerprint density at radius 3 is 1.93 bits per heavy atom. The lowest BCUT2D eigenvalue weighted by molar-refractivity contribution is -0.0945. The van der Waals surface area contributed by atoms with E-state index in [9.17, 15) is 0 Å². The van der Waals surface area contributed by atoms with Gasteiger partial charge in [-0.15, -0.1) is 0 Å². The molecule has 5 atom stereocenters. The molecule has 2 fully saturated rings. The van der Waals surface area contributed by atoms with E-state index in [0.29, 0.717) is 5.92 Å². The summed E-state index contributed by atoms with van der Waals surface area (Å²) in [6.07, 6.45) is 4.09. The van der Waals surface area contributed by atoms with Gasteiger partial charge in [0.15, 0.2) is 6.29 Å². The lowest BCUT2D eigenvalue weighted by atomic mass is 9.88. The number of rotatable bonds is 2.